The van der Waals surface area contributed by atoms with Gasteiger partial charge in [-0.05, 0) is 55.1 Å². The maximum atomic E-state index is 14.4. The number of methoxy groups -OCH3 is 1. The third-order valence-corrected chi connectivity index (χ3v) is 6.13. The first-order chi connectivity index (χ1) is 16.5. The Labute approximate surface area is 201 Å². The molecule has 0 aliphatic rings. The normalized spacial score (nSPS) is 12.7. The summed E-state index contributed by atoms with van der Waals surface area (Å²) in [6.45, 7) is 2.33. The first-order valence-electron chi connectivity index (χ1n) is 11.5. The number of hydrogen-bond acceptors (Lipinski definition) is 4. The van der Waals surface area contributed by atoms with E-state index in [1.165, 1.54) is 0 Å². The van der Waals surface area contributed by atoms with Crippen LogP contribution >= 0.6 is 0 Å². The van der Waals surface area contributed by atoms with Crippen LogP contribution in [0.15, 0.2) is 84.9 Å². The highest BCUT2D eigenvalue weighted by Gasteiger charge is 2.37. The molecule has 34 heavy (non-hydrogen) atoms. The maximum Gasteiger partial charge on any atom is 0.240 e. The molecule has 178 valence electrons. The van der Waals surface area contributed by atoms with E-state index in [2.05, 4.69) is 0 Å². The van der Waals surface area contributed by atoms with Crippen LogP contribution in [0.25, 0.3) is 0 Å². The molecule has 0 unspecified atom stereocenters. The van der Waals surface area contributed by atoms with E-state index in [0.29, 0.717) is 19.4 Å². The largest absolute Gasteiger partial charge is 0.497 e. The predicted molar refractivity (Wildman–Crippen MR) is 134 cm³/mol. The van der Waals surface area contributed by atoms with E-state index in [0.717, 1.165) is 22.4 Å². The molecule has 3 aromatic rings. The number of nitrogens with zero attached hydrogens (tertiary/aromatic N) is 1. The zero-order valence-electron chi connectivity index (χ0n) is 19.8. The minimum atomic E-state index is -0.789. The van der Waals surface area contributed by atoms with E-state index < -0.39 is 23.9 Å². The van der Waals surface area contributed by atoms with Gasteiger partial charge in [0.05, 0.1) is 19.1 Å². The van der Waals surface area contributed by atoms with Crippen LogP contribution in [0.1, 0.15) is 48.4 Å². The molecular weight excluding hydrogens is 426 g/mol. The van der Waals surface area contributed by atoms with E-state index in [-0.39, 0.29) is 5.91 Å². The quantitative estimate of drug-likeness (QED) is 0.453. The van der Waals surface area contributed by atoms with E-state index >= 15 is 0 Å². The van der Waals surface area contributed by atoms with Gasteiger partial charge in [-0.15, -0.1) is 0 Å². The molecule has 3 rings (SSSR count). The van der Waals surface area contributed by atoms with Crippen molar-refractivity contribution >= 4 is 11.8 Å². The Balaban J connectivity index is 2.11. The smallest absolute Gasteiger partial charge is 0.240 e. The summed E-state index contributed by atoms with van der Waals surface area (Å²) in [5.74, 6) is -0.582. The Morgan fingerprint density at radius 3 is 1.82 bits per heavy atom. The highest BCUT2D eigenvalue weighted by Crippen LogP contribution is 2.33. The van der Waals surface area contributed by atoms with Crippen molar-refractivity contribution < 1.29 is 14.3 Å². The molecule has 0 heterocycles. The molecule has 0 aromatic heterocycles. The van der Waals surface area contributed by atoms with Gasteiger partial charge >= 0.3 is 0 Å². The van der Waals surface area contributed by atoms with Gasteiger partial charge in [-0.2, -0.15) is 0 Å². The molecule has 0 aliphatic heterocycles. The number of ether oxygens (including phenoxy) is 1. The van der Waals surface area contributed by atoms with Crippen LogP contribution in [0.4, 0.5) is 0 Å². The Bertz CT molecular complexity index is 1020. The molecule has 3 aromatic carbocycles. The van der Waals surface area contributed by atoms with E-state index in [1.54, 1.807) is 12.0 Å². The zero-order chi connectivity index (χ0) is 24.5. The summed E-state index contributed by atoms with van der Waals surface area (Å²) in [4.78, 5) is 28.6. The number of benzene rings is 3. The predicted octanol–water partition coefficient (Wildman–Crippen LogP) is 4.01. The summed E-state index contributed by atoms with van der Waals surface area (Å²) in [5.41, 5.74) is 14.2. The van der Waals surface area contributed by atoms with Crippen LogP contribution in [-0.2, 0) is 9.59 Å². The average Bonchev–Trinajstić information content (AvgIpc) is 2.87. The molecule has 6 nitrogen and oxygen atoms in total. The summed E-state index contributed by atoms with van der Waals surface area (Å²) < 4.78 is 5.28. The second-order valence-electron chi connectivity index (χ2n) is 8.30. The Hall–Kier alpha value is -3.64. The molecule has 0 saturated carbocycles. The first kappa shape index (κ1) is 25.0. The van der Waals surface area contributed by atoms with Crippen molar-refractivity contribution in [3.05, 3.63) is 102 Å². The van der Waals surface area contributed by atoms with Gasteiger partial charge in [0.25, 0.3) is 0 Å². The molecule has 0 fully saturated rings. The van der Waals surface area contributed by atoms with Crippen LogP contribution in [-0.4, -0.2) is 36.4 Å². The van der Waals surface area contributed by atoms with Crippen LogP contribution in [0.2, 0.25) is 0 Å². The summed E-state index contributed by atoms with van der Waals surface area (Å²) >= 11 is 0. The molecule has 0 spiro atoms. The minimum Gasteiger partial charge on any atom is -0.497 e. The molecular formula is C28H33N3O3. The first-order valence-corrected chi connectivity index (χ1v) is 11.5. The number of carbonyl (C=O) groups is 2. The van der Waals surface area contributed by atoms with Crippen LogP contribution < -0.4 is 16.2 Å². The Kier molecular flexibility index (Phi) is 8.82. The van der Waals surface area contributed by atoms with Crippen molar-refractivity contribution in [2.45, 2.75) is 37.8 Å². The second kappa shape index (κ2) is 12.0. The SMILES string of the molecule is COc1ccc([C@@H](C)N(C(=O)C(c2ccccc2)c2ccccc2)[C@H](CCCN)C(N)=O)cc1. The average molecular weight is 460 g/mol. The third-order valence-electron chi connectivity index (χ3n) is 6.13. The highest BCUT2D eigenvalue weighted by molar-refractivity contribution is 5.92. The Morgan fingerprint density at radius 1 is 0.853 bits per heavy atom. The van der Waals surface area contributed by atoms with Crippen molar-refractivity contribution in [2.24, 2.45) is 11.5 Å². The lowest BCUT2D eigenvalue weighted by Crippen LogP contribution is -2.50. The lowest BCUT2D eigenvalue weighted by Gasteiger charge is -2.38. The third kappa shape index (κ3) is 5.83. The standard InChI is InChI=1S/C28H33N3O3/c1-20(21-15-17-24(34-2)18-16-21)31(25(27(30)32)14-9-19-29)28(33)26(22-10-5-3-6-11-22)23-12-7-4-8-13-23/h3-8,10-13,15-18,20,25-26H,9,14,19,29H2,1-2H3,(H2,30,32)/t20-,25-/m1/s1. The summed E-state index contributed by atoms with van der Waals surface area (Å²) in [7, 11) is 1.61. The topological polar surface area (TPSA) is 98.7 Å². The van der Waals surface area contributed by atoms with Gasteiger partial charge < -0.3 is 21.1 Å². The number of primary amides is 1. The molecule has 0 aliphatic carbocycles. The van der Waals surface area contributed by atoms with Crippen molar-refractivity contribution in [3.8, 4) is 5.75 Å². The van der Waals surface area contributed by atoms with Gasteiger partial charge in [0.2, 0.25) is 11.8 Å². The summed E-state index contributed by atoms with van der Waals surface area (Å²) in [6.07, 6.45) is 0.975. The van der Waals surface area contributed by atoms with Crippen LogP contribution in [0.3, 0.4) is 0 Å². The van der Waals surface area contributed by atoms with Gasteiger partial charge in [0.15, 0.2) is 0 Å². The minimum absolute atomic E-state index is 0.179. The Morgan fingerprint density at radius 2 is 1.38 bits per heavy atom. The number of hydrogen-bond donors (Lipinski definition) is 2. The van der Waals surface area contributed by atoms with Gasteiger partial charge in [0, 0.05) is 0 Å². The van der Waals surface area contributed by atoms with Gasteiger partial charge in [-0.25, -0.2) is 0 Å². The van der Waals surface area contributed by atoms with Gasteiger partial charge in [-0.1, -0.05) is 72.8 Å². The number of rotatable bonds is 11. The monoisotopic (exact) mass is 459 g/mol. The lowest BCUT2D eigenvalue weighted by atomic mass is 9.88. The fourth-order valence-electron chi connectivity index (χ4n) is 4.30. The molecule has 4 N–H and O–H groups in total. The van der Waals surface area contributed by atoms with E-state index in [9.17, 15) is 9.59 Å². The van der Waals surface area contributed by atoms with Crippen LogP contribution in [0, 0.1) is 0 Å². The number of nitrogens with two attached hydrogens (primary N) is 2. The zero-order valence-corrected chi connectivity index (χ0v) is 19.8. The van der Waals surface area contributed by atoms with E-state index in [1.807, 2.05) is 91.9 Å². The van der Waals surface area contributed by atoms with Gasteiger partial charge in [0.1, 0.15) is 11.8 Å². The molecule has 0 radical (unpaired) electrons. The molecule has 0 saturated heterocycles. The fraction of sp³-hybridized carbons (Fsp3) is 0.286. The summed E-state index contributed by atoms with van der Waals surface area (Å²) in [5, 5.41) is 0. The van der Waals surface area contributed by atoms with Crippen molar-refractivity contribution in [1.82, 2.24) is 4.90 Å². The molecule has 0 bridgehead atoms. The molecule has 2 atom stereocenters. The fourth-order valence-corrected chi connectivity index (χ4v) is 4.30. The maximum absolute atomic E-state index is 14.4. The number of carbonyl (C=O) groups excluding carboxylic acids is 2. The molecule has 2 amide bonds. The lowest BCUT2D eigenvalue weighted by molar-refractivity contribution is -0.142. The van der Waals surface area contributed by atoms with Crippen molar-refractivity contribution in [3.63, 3.8) is 0 Å². The van der Waals surface area contributed by atoms with E-state index in [4.69, 9.17) is 16.2 Å². The van der Waals surface area contributed by atoms with Crippen molar-refractivity contribution in [1.29, 1.82) is 0 Å². The van der Waals surface area contributed by atoms with Gasteiger partial charge in [-0.3, -0.25) is 9.59 Å². The molecule has 6 heteroatoms. The second-order valence-corrected chi connectivity index (χ2v) is 8.30. The highest BCUT2D eigenvalue weighted by atomic mass is 16.5. The number of amides is 2. The van der Waals surface area contributed by atoms with Crippen molar-refractivity contribution in [2.75, 3.05) is 13.7 Å². The van der Waals surface area contributed by atoms with Crippen LogP contribution in [0.5, 0.6) is 5.75 Å². The summed E-state index contributed by atoms with van der Waals surface area (Å²) in [6, 6.07) is 25.5.